The third-order valence-corrected chi connectivity index (χ3v) is 0.692. The summed E-state index contributed by atoms with van der Waals surface area (Å²) < 4.78 is 0. The highest BCUT2D eigenvalue weighted by atomic mass is 16.2. The summed E-state index contributed by atoms with van der Waals surface area (Å²) in [6.07, 6.45) is 5.06. The first kappa shape index (κ1) is 8.04. The van der Waals surface area contributed by atoms with E-state index in [0.717, 1.165) is 12.8 Å². The van der Waals surface area contributed by atoms with Gasteiger partial charge < -0.3 is 5.11 Å². The summed E-state index contributed by atoms with van der Waals surface area (Å²) in [5.41, 5.74) is 0.961. The van der Waals surface area contributed by atoms with E-state index < -0.39 is 0 Å². The summed E-state index contributed by atoms with van der Waals surface area (Å²) in [4.78, 5) is 7.74. The minimum Gasteiger partial charge on any atom is -0.400 e. The molecule has 0 aromatic carbocycles. The average Bonchev–Trinajstić information content (AvgIpc) is 1.94. The van der Waals surface area contributed by atoms with Crippen molar-refractivity contribution in [3.8, 4) is 0 Å². The van der Waals surface area contributed by atoms with Gasteiger partial charge in [-0.25, -0.2) is 0 Å². The van der Waals surface area contributed by atoms with Gasteiger partial charge in [0.25, 0.3) is 0 Å². The van der Waals surface area contributed by atoms with E-state index in [0.29, 0.717) is 0 Å². The quantitative estimate of drug-likeness (QED) is 0.547. The molecule has 0 aliphatic heterocycles. The number of aryl methyl sites for hydroxylation is 1. The molecule has 3 nitrogen and oxygen atoms in total. The van der Waals surface area contributed by atoms with E-state index in [1.807, 2.05) is 6.92 Å². The Hall–Kier alpha value is -0.960. The van der Waals surface area contributed by atoms with E-state index >= 15 is 0 Å². The van der Waals surface area contributed by atoms with Crippen molar-refractivity contribution in [1.29, 1.82) is 0 Å². The van der Waals surface area contributed by atoms with E-state index in [4.69, 9.17) is 5.11 Å². The number of aromatic nitrogens is 2. The maximum atomic E-state index is 7.00. The van der Waals surface area contributed by atoms with Crippen LogP contribution in [-0.2, 0) is 0 Å². The summed E-state index contributed by atoms with van der Waals surface area (Å²) >= 11 is 0. The molecule has 0 unspecified atom stereocenters. The van der Waals surface area contributed by atoms with Crippen molar-refractivity contribution in [1.82, 2.24) is 9.97 Å². The first-order valence-electron chi connectivity index (χ1n) is 2.57. The summed E-state index contributed by atoms with van der Waals surface area (Å²) in [7, 11) is 1.00. The van der Waals surface area contributed by atoms with E-state index in [1.165, 1.54) is 0 Å². The van der Waals surface area contributed by atoms with Gasteiger partial charge in [0.1, 0.15) is 0 Å². The largest absolute Gasteiger partial charge is 0.400 e. The highest BCUT2D eigenvalue weighted by Crippen LogP contribution is 1.81. The minimum atomic E-state index is 0.961. The number of hydrogen-bond acceptors (Lipinski definition) is 3. The SMILES string of the molecule is CO.Cc1cnccn1. The van der Waals surface area contributed by atoms with Gasteiger partial charge in [0.2, 0.25) is 0 Å². The molecule has 0 radical (unpaired) electrons. The third-order valence-electron chi connectivity index (χ3n) is 0.692. The molecule has 0 saturated carbocycles. The second-order valence-corrected chi connectivity index (χ2v) is 1.35. The lowest BCUT2D eigenvalue weighted by atomic mass is 10.5. The van der Waals surface area contributed by atoms with Gasteiger partial charge in [0, 0.05) is 25.7 Å². The molecule has 0 atom stereocenters. The van der Waals surface area contributed by atoms with Crippen LogP contribution in [-0.4, -0.2) is 22.2 Å². The van der Waals surface area contributed by atoms with Crippen LogP contribution in [0, 0.1) is 6.92 Å². The molecular formula is C6H10N2O. The van der Waals surface area contributed by atoms with Gasteiger partial charge in [-0.2, -0.15) is 0 Å². The van der Waals surface area contributed by atoms with Gasteiger partial charge in [-0.3, -0.25) is 9.97 Å². The van der Waals surface area contributed by atoms with Crippen LogP contribution in [0.4, 0.5) is 0 Å². The molecule has 50 valence electrons. The molecular weight excluding hydrogens is 116 g/mol. The molecule has 0 amide bonds. The molecule has 0 aliphatic carbocycles. The summed E-state index contributed by atoms with van der Waals surface area (Å²) in [6, 6.07) is 0. The molecule has 1 rings (SSSR count). The molecule has 0 saturated heterocycles. The van der Waals surface area contributed by atoms with E-state index in [1.54, 1.807) is 18.6 Å². The maximum absolute atomic E-state index is 7.00. The summed E-state index contributed by atoms with van der Waals surface area (Å²) in [5, 5.41) is 7.00. The zero-order valence-electron chi connectivity index (χ0n) is 5.57. The van der Waals surface area contributed by atoms with E-state index in [-0.39, 0.29) is 0 Å². The Bertz CT molecular complexity index is 141. The van der Waals surface area contributed by atoms with Gasteiger partial charge in [-0.05, 0) is 6.92 Å². The van der Waals surface area contributed by atoms with Crippen LogP contribution in [0.1, 0.15) is 5.69 Å². The highest BCUT2D eigenvalue weighted by molar-refractivity contribution is 4.88. The average molecular weight is 126 g/mol. The molecule has 1 aromatic rings. The highest BCUT2D eigenvalue weighted by Gasteiger charge is 1.74. The van der Waals surface area contributed by atoms with Gasteiger partial charge in [0.05, 0.1) is 5.69 Å². The number of aliphatic hydroxyl groups is 1. The molecule has 1 heterocycles. The predicted molar refractivity (Wildman–Crippen MR) is 34.9 cm³/mol. The van der Waals surface area contributed by atoms with Crippen molar-refractivity contribution in [2.45, 2.75) is 6.92 Å². The van der Waals surface area contributed by atoms with Crippen LogP contribution in [0.15, 0.2) is 18.6 Å². The molecule has 0 fully saturated rings. The Morgan fingerprint density at radius 2 is 2.00 bits per heavy atom. The monoisotopic (exact) mass is 126 g/mol. The fourth-order valence-corrected chi connectivity index (χ4v) is 0.374. The maximum Gasteiger partial charge on any atom is 0.0555 e. The first-order chi connectivity index (χ1) is 4.39. The van der Waals surface area contributed by atoms with Crippen molar-refractivity contribution in [2.24, 2.45) is 0 Å². The van der Waals surface area contributed by atoms with Crippen molar-refractivity contribution >= 4 is 0 Å². The van der Waals surface area contributed by atoms with E-state index in [2.05, 4.69) is 9.97 Å². The Balaban J connectivity index is 0.000000291. The Kier molecular flexibility index (Phi) is 4.63. The second kappa shape index (κ2) is 5.18. The third kappa shape index (κ3) is 3.61. The van der Waals surface area contributed by atoms with Crippen LogP contribution in [0.3, 0.4) is 0 Å². The Labute approximate surface area is 54.4 Å². The zero-order valence-corrected chi connectivity index (χ0v) is 5.57. The van der Waals surface area contributed by atoms with Crippen LogP contribution >= 0.6 is 0 Å². The number of aliphatic hydroxyl groups excluding tert-OH is 1. The van der Waals surface area contributed by atoms with Crippen LogP contribution in [0.2, 0.25) is 0 Å². The normalized spacial score (nSPS) is 7.44. The zero-order chi connectivity index (χ0) is 7.11. The molecule has 0 spiro atoms. The first-order valence-corrected chi connectivity index (χ1v) is 2.57. The number of hydrogen-bond donors (Lipinski definition) is 1. The van der Waals surface area contributed by atoms with Crippen molar-refractivity contribution < 1.29 is 5.11 Å². The van der Waals surface area contributed by atoms with Crippen LogP contribution in [0.5, 0.6) is 0 Å². The standard InChI is InChI=1S/C5H6N2.CH4O/c1-5-4-6-2-3-7-5;1-2/h2-4H,1H3;2H,1H3. The molecule has 0 aliphatic rings. The van der Waals surface area contributed by atoms with Crippen molar-refractivity contribution in [3.05, 3.63) is 24.3 Å². The summed E-state index contributed by atoms with van der Waals surface area (Å²) in [6.45, 7) is 1.91. The lowest BCUT2D eigenvalue weighted by molar-refractivity contribution is 0.399. The number of nitrogens with zero attached hydrogens (tertiary/aromatic N) is 2. The van der Waals surface area contributed by atoms with Crippen LogP contribution in [0.25, 0.3) is 0 Å². The molecule has 1 N–H and O–H groups in total. The minimum absolute atomic E-state index is 0.961. The van der Waals surface area contributed by atoms with Crippen LogP contribution < -0.4 is 0 Å². The van der Waals surface area contributed by atoms with Crippen molar-refractivity contribution in [2.75, 3.05) is 7.11 Å². The fourth-order valence-electron chi connectivity index (χ4n) is 0.374. The molecule has 9 heavy (non-hydrogen) atoms. The van der Waals surface area contributed by atoms with E-state index in [9.17, 15) is 0 Å². The second-order valence-electron chi connectivity index (χ2n) is 1.35. The lowest BCUT2D eigenvalue weighted by Crippen LogP contribution is -1.77. The van der Waals surface area contributed by atoms with Gasteiger partial charge in [-0.1, -0.05) is 0 Å². The Morgan fingerprint density at radius 1 is 1.33 bits per heavy atom. The van der Waals surface area contributed by atoms with Crippen molar-refractivity contribution in [3.63, 3.8) is 0 Å². The number of rotatable bonds is 0. The molecule has 3 heteroatoms. The summed E-state index contributed by atoms with van der Waals surface area (Å²) in [5.74, 6) is 0. The molecule has 0 bridgehead atoms. The van der Waals surface area contributed by atoms with Gasteiger partial charge >= 0.3 is 0 Å². The smallest absolute Gasteiger partial charge is 0.0555 e. The predicted octanol–water partition coefficient (Wildman–Crippen LogP) is 0.394. The topological polar surface area (TPSA) is 46.0 Å². The molecule has 1 aromatic heterocycles. The fraction of sp³-hybridized carbons (Fsp3) is 0.333. The Morgan fingerprint density at radius 3 is 2.22 bits per heavy atom. The lowest BCUT2D eigenvalue weighted by Gasteiger charge is -1.81. The van der Waals surface area contributed by atoms with Gasteiger partial charge in [-0.15, -0.1) is 0 Å². The van der Waals surface area contributed by atoms with Gasteiger partial charge in [0.15, 0.2) is 0 Å².